The molecule has 0 aliphatic carbocycles. The minimum Gasteiger partial charge on any atom is -0.408 e. The molecule has 0 aromatic heterocycles. The summed E-state index contributed by atoms with van der Waals surface area (Å²) in [6.07, 6.45) is 0. The molecular formula is C19H17BrOSi. The fraction of sp³-hybridized carbons (Fsp3) is 0.0526. The predicted octanol–water partition coefficient (Wildman–Crippen LogP) is 3.06. The standard InChI is InChI=1S/C19H17BrOSi/c1-21-22(17-8-4-2-5-9-17,18-10-6-3-7-11-18)19-14-12-16(20)13-15-19/h2-15H,1H3. The molecule has 3 aromatic carbocycles. The van der Waals surface area contributed by atoms with Gasteiger partial charge in [0.15, 0.2) is 0 Å². The van der Waals surface area contributed by atoms with E-state index in [1.165, 1.54) is 15.6 Å². The minimum atomic E-state index is -2.44. The lowest BCUT2D eigenvalue weighted by atomic mass is 10.3. The molecule has 0 saturated heterocycles. The highest BCUT2D eigenvalue weighted by Gasteiger charge is 2.40. The Hall–Kier alpha value is -1.68. The lowest BCUT2D eigenvalue weighted by Crippen LogP contribution is -2.68. The average molecular weight is 369 g/mol. The molecule has 3 heteroatoms. The quantitative estimate of drug-likeness (QED) is 0.507. The van der Waals surface area contributed by atoms with E-state index in [4.69, 9.17) is 4.43 Å². The van der Waals surface area contributed by atoms with Gasteiger partial charge >= 0.3 is 0 Å². The van der Waals surface area contributed by atoms with Gasteiger partial charge in [-0.05, 0) is 27.7 Å². The second-order valence-corrected chi connectivity index (χ2v) is 9.54. The molecule has 3 rings (SSSR count). The number of hydrogen-bond acceptors (Lipinski definition) is 1. The highest BCUT2D eigenvalue weighted by molar-refractivity contribution is 9.10. The molecule has 0 saturated carbocycles. The lowest BCUT2D eigenvalue weighted by molar-refractivity contribution is 0.426. The highest BCUT2D eigenvalue weighted by atomic mass is 79.9. The van der Waals surface area contributed by atoms with Gasteiger partial charge in [0, 0.05) is 11.6 Å². The zero-order chi connectivity index (χ0) is 15.4. The summed E-state index contributed by atoms with van der Waals surface area (Å²) >= 11 is 3.52. The summed E-state index contributed by atoms with van der Waals surface area (Å²) in [5.41, 5.74) is 0. The van der Waals surface area contributed by atoms with Gasteiger partial charge in [0.05, 0.1) is 0 Å². The van der Waals surface area contributed by atoms with Gasteiger partial charge in [0.25, 0.3) is 8.32 Å². The molecule has 0 amide bonds. The van der Waals surface area contributed by atoms with E-state index >= 15 is 0 Å². The van der Waals surface area contributed by atoms with Crippen molar-refractivity contribution in [3.63, 3.8) is 0 Å². The van der Waals surface area contributed by atoms with Gasteiger partial charge < -0.3 is 4.43 Å². The van der Waals surface area contributed by atoms with Gasteiger partial charge in [0.2, 0.25) is 0 Å². The fourth-order valence-corrected chi connectivity index (χ4v) is 6.82. The van der Waals surface area contributed by atoms with Crippen LogP contribution < -0.4 is 15.6 Å². The maximum atomic E-state index is 6.26. The number of rotatable bonds is 4. The summed E-state index contributed by atoms with van der Waals surface area (Å²) in [5, 5.41) is 3.76. The molecule has 3 aromatic rings. The molecule has 0 aliphatic heterocycles. The SMILES string of the molecule is CO[Si](c1ccccc1)(c1ccccc1)c1ccc(Br)cc1. The van der Waals surface area contributed by atoms with Crippen LogP contribution in [0.2, 0.25) is 0 Å². The van der Waals surface area contributed by atoms with Crippen LogP contribution in [0.15, 0.2) is 89.4 Å². The molecule has 0 N–H and O–H groups in total. The van der Waals surface area contributed by atoms with E-state index in [-0.39, 0.29) is 0 Å². The molecule has 0 aliphatic rings. The van der Waals surface area contributed by atoms with E-state index in [2.05, 4.69) is 88.7 Å². The van der Waals surface area contributed by atoms with E-state index in [1.807, 2.05) is 19.2 Å². The first kappa shape index (κ1) is 15.2. The smallest absolute Gasteiger partial charge is 0.287 e. The van der Waals surface area contributed by atoms with Crippen LogP contribution in [0.25, 0.3) is 0 Å². The van der Waals surface area contributed by atoms with Crippen molar-refractivity contribution >= 4 is 39.8 Å². The van der Waals surface area contributed by atoms with Gasteiger partial charge in [-0.1, -0.05) is 88.7 Å². The molecule has 1 nitrogen and oxygen atoms in total. The van der Waals surface area contributed by atoms with Crippen molar-refractivity contribution in [3.8, 4) is 0 Å². The minimum absolute atomic E-state index is 1.08. The Balaban J connectivity index is 2.28. The third-order valence-electron chi connectivity index (χ3n) is 3.92. The fourth-order valence-electron chi connectivity index (χ4n) is 2.88. The van der Waals surface area contributed by atoms with E-state index in [0.717, 1.165) is 4.47 Å². The molecular weight excluding hydrogens is 352 g/mol. The summed E-state index contributed by atoms with van der Waals surface area (Å²) in [4.78, 5) is 0. The second kappa shape index (κ2) is 6.61. The maximum Gasteiger partial charge on any atom is 0.287 e. The van der Waals surface area contributed by atoms with Crippen molar-refractivity contribution in [3.05, 3.63) is 89.4 Å². The third kappa shape index (κ3) is 2.67. The molecule has 0 fully saturated rings. The second-order valence-electron chi connectivity index (χ2n) is 5.12. The van der Waals surface area contributed by atoms with Crippen molar-refractivity contribution in [1.29, 1.82) is 0 Å². The van der Waals surface area contributed by atoms with Gasteiger partial charge in [-0.2, -0.15) is 0 Å². The monoisotopic (exact) mass is 368 g/mol. The Morgan fingerprint density at radius 2 is 1.05 bits per heavy atom. The Morgan fingerprint density at radius 1 is 0.636 bits per heavy atom. The van der Waals surface area contributed by atoms with Crippen LogP contribution in [0.1, 0.15) is 0 Å². The van der Waals surface area contributed by atoms with Crippen LogP contribution in [0.5, 0.6) is 0 Å². The van der Waals surface area contributed by atoms with Gasteiger partial charge in [-0.3, -0.25) is 0 Å². The molecule has 0 heterocycles. The molecule has 0 radical (unpaired) electrons. The van der Waals surface area contributed by atoms with Crippen molar-refractivity contribution in [2.45, 2.75) is 0 Å². The molecule has 110 valence electrons. The van der Waals surface area contributed by atoms with Crippen LogP contribution in [0.3, 0.4) is 0 Å². The first-order valence-corrected chi connectivity index (χ1v) is 9.90. The summed E-state index contributed by atoms with van der Waals surface area (Å²) in [5.74, 6) is 0. The lowest BCUT2D eigenvalue weighted by Gasteiger charge is -2.31. The zero-order valence-corrected chi connectivity index (χ0v) is 15.0. The van der Waals surface area contributed by atoms with Crippen LogP contribution in [-0.2, 0) is 4.43 Å². The Kier molecular flexibility index (Phi) is 4.57. The van der Waals surface area contributed by atoms with E-state index < -0.39 is 8.32 Å². The molecule has 0 unspecified atom stereocenters. The first-order chi connectivity index (χ1) is 10.8. The van der Waals surface area contributed by atoms with E-state index in [0.29, 0.717) is 0 Å². The van der Waals surface area contributed by atoms with Crippen molar-refractivity contribution in [1.82, 2.24) is 0 Å². The Bertz CT molecular complexity index is 687. The van der Waals surface area contributed by atoms with Crippen molar-refractivity contribution in [2.75, 3.05) is 7.11 Å². The van der Waals surface area contributed by atoms with Crippen LogP contribution in [0.4, 0.5) is 0 Å². The van der Waals surface area contributed by atoms with Crippen LogP contribution in [0, 0.1) is 0 Å². The van der Waals surface area contributed by atoms with Crippen molar-refractivity contribution < 1.29 is 4.43 Å². The zero-order valence-electron chi connectivity index (χ0n) is 12.4. The predicted molar refractivity (Wildman–Crippen MR) is 98.7 cm³/mol. The number of halogens is 1. The molecule has 22 heavy (non-hydrogen) atoms. The van der Waals surface area contributed by atoms with Crippen LogP contribution >= 0.6 is 15.9 Å². The summed E-state index contributed by atoms with van der Waals surface area (Å²) < 4.78 is 7.34. The molecule has 0 bridgehead atoms. The Morgan fingerprint density at radius 3 is 1.45 bits per heavy atom. The van der Waals surface area contributed by atoms with Crippen molar-refractivity contribution in [2.24, 2.45) is 0 Å². The topological polar surface area (TPSA) is 9.23 Å². The summed E-state index contributed by atoms with van der Waals surface area (Å²) in [6, 6.07) is 29.6. The molecule has 0 atom stereocenters. The molecule has 0 spiro atoms. The van der Waals surface area contributed by atoms with E-state index in [9.17, 15) is 0 Å². The van der Waals surface area contributed by atoms with E-state index in [1.54, 1.807) is 0 Å². The maximum absolute atomic E-state index is 6.26. The van der Waals surface area contributed by atoms with Gasteiger partial charge in [-0.15, -0.1) is 0 Å². The number of hydrogen-bond donors (Lipinski definition) is 0. The van der Waals surface area contributed by atoms with Gasteiger partial charge in [0.1, 0.15) is 0 Å². The average Bonchev–Trinajstić information content (AvgIpc) is 2.59. The summed E-state index contributed by atoms with van der Waals surface area (Å²) in [7, 11) is -0.614. The largest absolute Gasteiger partial charge is 0.408 e. The Labute approximate surface area is 140 Å². The third-order valence-corrected chi connectivity index (χ3v) is 8.50. The summed E-state index contributed by atoms with van der Waals surface area (Å²) in [6.45, 7) is 0. The normalized spacial score (nSPS) is 11.4. The number of benzene rings is 3. The highest BCUT2D eigenvalue weighted by Crippen LogP contribution is 2.12. The van der Waals surface area contributed by atoms with Crippen LogP contribution in [-0.4, -0.2) is 15.4 Å². The first-order valence-electron chi connectivity index (χ1n) is 7.19. The van der Waals surface area contributed by atoms with Gasteiger partial charge in [-0.25, -0.2) is 0 Å².